The fourth-order valence-electron chi connectivity index (χ4n) is 3.50. The Balaban J connectivity index is 1.47. The number of carbonyl (C=O) groups excluding carboxylic acids is 4. The van der Waals surface area contributed by atoms with Crippen LogP contribution in [-0.2, 0) is 28.7 Å². The van der Waals surface area contributed by atoms with Gasteiger partial charge in [-0.2, -0.15) is 0 Å². The van der Waals surface area contributed by atoms with E-state index >= 15 is 0 Å². The highest BCUT2D eigenvalue weighted by molar-refractivity contribution is 8.00. The molecule has 4 rings (SSSR count). The van der Waals surface area contributed by atoms with Gasteiger partial charge in [-0.25, -0.2) is 4.98 Å². The zero-order valence-corrected chi connectivity index (χ0v) is 21.0. The van der Waals surface area contributed by atoms with Crippen LogP contribution in [0.2, 0.25) is 0 Å². The van der Waals surface area contributed by atoms with Crippen molar-refractivity contribution in [3.63, 3.8) is 0 Å². The van der Waals surface area contributed by atoms with Crippen molar-refractivity contribution in [3.05, 3.63) is 28.2 Å². The summed E-state index contributed by atoms with van der Waals surface area (Å²) in [5.74, 6) is -2.33. The molecule has 2 aliphatic rings. The van der Waals surface area contributed by atoms with Crippen molar-refractivity contribution in [2.45, 2.75) is 18.3 Å². The summed E-state index contributed by atoms with van der Waals surface area (Å²) in [6.45, 7) is 0.586. The number of nitrogen functional groups attached to an aromatic ring is 1. The van der Waals surface area contributed by atoms with Gasteiger partial charge >= 0.3 is 11.9 Å². The first-order valence-electron chi connectivity index (χ1n) is 10.2. The maximum atomic E-state index is 13.0. The van der Waals surface area contributed by atoms with Crippen molar-refractivity contribution in [2.24, 2.45) is 10.6 Å². The Morgan fingerprint density at radius 2 is 2.19 bits per heavy atom. The smallest absolute Gasteiger partial charge is 0.321 e. The van der Waals surface area contributed by atoms with Crippen LogP contribution in [0.1, 0.15) is 18.3 Å². The zero-order valence-electron chi connectivity index (χ0n) is 18.5. The van der Waals surface area contributed by atoms with Gasteiger partial charge in [0.15, 0.2) is 10.8 Å². The van der Waals surface area contributed by atoms with E-state index < -0.39 is 47.4 Å². The Labute approximate surface area is 215 Å². The number of rotatable bonds is 8. The number of ether oxygens (including phenoxy) is 2. The van der Waals surface area contributed by atoms with Gasteiger partial charge in [0.2, 0.25) is 12.7 Å². The number of thiazole rings is 1. The number of esters is 2. The second-order valence-corrected chi connectivity index (χ2v) is 10.2. The minimum absolute atomic E-state index is 0.0353. The van der Waals surface area contributed by atoms with Crippen LogP contribution < -0.4 is 11.1 Å². The summed E-state index contributed by atoms with van der Waals surface area (Å²) in [6, 6.07) is -0.906. The maximum Gasteiger partial charge on any atom is 0.321 e. The van der Waals surface area contributed by atoms with E-state index in [0.29, 0.717) is 5.69 Å². The zero-order chi connectivity index (χ0) is 25.9. The normalized spacial score (nSPS) is 23.6. The van der Waals surface area contributed by atoms with Gasteiger partial charge in [0.25, 0.3) is 5.91 Å². The molecular formula is C19H19N7O7S3. The Kier molecular flexibility index (Phi) is 7.51. The second kappa shape index (κ2) is 10.6. The lowest BCUT2D eigenvalue weighted by Gasteiger charge is -2.53. The molecule has 0 saturated carbocycles. The van der Waals surface area contributed by atoms with Crippen LogP contribution in [0.3, 0.4) is 0 Å². The van der Waals surface area contributed by atoms with Gasteiger partial charge in [-0.3, -0.25) is 19.2 Å². The number of β-lactam (4-membered cyclic amide) rings is 1. The van der Waals surface area contributed by atoms with E-state index in [1.54, 1.807) is 17.5 Å². The van der Waals surface area contributed by atoms with E-state index in [4.69, 9.17) is 15.2 Å². The lowest BCUT2D eigenvalue weighted by molar-refractivity contribution is -0.173. The monoisotopic (exact) mass is 553 g/mol. The third kappa shape index (κ3) is 5.17. The molecule has 17 heteroatoms. The fraction of sp³-hybridized carbons (Fsp3) is 0.368. The molecular weight excluding hydrogens is 534 g/mol. The van der Waals surface area contributed by atoms with E-state index in [9.17, 15) is 24.4 Å². The molecule has 4 N–H and O–H groups in total. The highest BCUT2D eigenvalue weighted by Crippen LogP contribution is 2.43. The molecule has 0 aliphatic carbocycles. The first kappa shape index (κ1) is 25.5. The van der Waals surface area contributed by atoms with Crippen LogP contribution in [-0.4, -0.2) is 84.6 Å². The van der Waals surface area contributed by atoms with Crippen LogP contribution in [0, 0.1) is 5.41 Å². The number of oxime groups is 1. The largest absolute Gasteiger partial charge is 0.428 e. The van der Waals surface area contributed by atoms with E-state index in [2.05, 4.69) is 25.0 Å². The number of carbonyl (C=O) groups is 4. The number of amides is 2. The fourth-order valence-corrected chi connectivity index (χ4v) is 5.98. The van der Waals surface area contributed by atoms with Gasteiger partial charge in [0.1, 0.15) is 22.5 Å². The van der Waals surface area contributed by atoms with Gasteiger partial charge in [-0.05, 0) is 17.6 Å². The molecule has 2 aromatic heterocycles. The molecule has 2 saturated heterocycles. The Hall–Kier alpha value is -3.57. The number of hydrogen-bond donors (Lipinski definition) is 3. The molecule has 4 heterocycles. The van der Waals surface area contributed by atoms with Gasteiger partial charge in [0.05, 0.1) is 5.69 Å². The average molecular weight is 554 g/mol. The molecule has 2 fully saturated rings. The number of nitrogens with zero attached hydrogens (tertiary/aromatic N) is 5. The van der Waals surface area contributed by atoms with Crippen molar-refractivity contribution in [1.29, 1.82) is 0 Å². The molecule has 0 aromatic carbocycles. The quantitative estimate of drug-likeness (QED) is 0.0982. The highest BCUT2D eigenvalue weighted by Gasteiger charge is 2.57. The van der Waals surface area contributed by atoms with E-state index in [-0.39, 0.29) is 28.8 Å². The van der Waals surface area contributed by atoms with Crippen LogP contribution in [0.5, 0.6) is 0 Å². The van der Waals surface area contributed by atoms with Crippen LogP contribution in [0.15, 0.2) is 22.0 Å². The van der Waals surface area contributed by atoms with Gasteiger partial charge < -0.3 is 30.6 Å². The number of nitrogens with two attached hydrogens (primary N) is 1. The lowest BCUT2D eigenvalue weighted by Crippen LogP contribution is -2.74. The topological polar surface area (TPSA) is 199 Å². The van der Waals surface area contributed by atoms with E-state index in [0.717, 1.165) is 22.9 Å². The average Bonchev–Trinajstić information content (AvgIpc) is 3.53. The molecule has 2 aliphatic heterocycles. The molecule has 2 amide bonds. The summed E-state index contributed by atoms with van der Waals surface area (Å²) in [5, 5.41) is 21.6. The maximum absolute atomic E-state index is 13.0. The number of hydrogen-bond acceptors (Lipinski definition) is 15. The van der Waals surface area contributed by atoms with Crippen molar-refractivity contribution < 1.29 is 33.9 Å². The molecule has 14 nitrogen and oxygen atoms in total. The molecule has 2 unspecified atom stereocenters. The number of nitrogens with one attached hydrogen (secondary N) is 1. The predicted octanol–water partition coefficient (Wildman–Crippen LogP) is -0.0814. The standard InChI is InChI=1S/C19H19N7O7S3/c1-9(27)32-8-33-17(30)19(3-2-10-4-36-25-23-10)6-26-15(29)13(16(26)35-7-19)22-14(28)12(24-31)11-5-34-18(20)21-11/h2-5,13,16,31H,6-8H2,1H3,(H2,20,21)(H,22,28)/t13?,16-,19?/m1/s1. The predicted molar refractivity (Wildman–Crippen MR) is 129 cm³/mol. The second-order valence-electron chi connectivity index (χ2n) is 7.64. The summed E-state index contributed by atoms with van der Waals surface area (Å²) >= 11 is 3.46. The Bertz CT molecular complexity index is 1230. The number of thioether (sulfide) groups is 1. The van der Waals surface area contributed by atoms with Crippen molar-refractivity contribution in [2.75, 3.05) is 24.8 Å². The summed E-state index contributed by atoms with van der Waals surface area (Å²) in [5.41, 5.74) is 4.54. The third-order valence-corrected chi connectivity index (χ3v) is 8.03. The molecule has 0 bridgehead atoms. The van der Waals surface area contributed by atoms with Crippen molar-refractivity contribution >= 4 is 75.3 Å². The molecule has 0 spiro atoms. The first-order chi connectivity index (χ1) is 17.2. The van der Waals surface area contributed by atoms with Crippen LogP contribution in [0.4, 0.5) is 5.13 Å². The Morgan fingerprint density at radius 3 is 2.83 bits per heavy atom. The number of anilines is 1. The SMILES string of the molecule is CC(=O)OCOC(=O)C1(C=Cc2csnn2)CS[C@@H]2C(NC(=O)C(=NO)c3csc(N)n3)C(=O)N2C1. The summed E-state index contributed by atoms with van der Waals surface area (Å²) in [4.78, 5) is 55.0. The molecule has 36 heavy (non-hydrogen) atoms. The molecule has 190 valence electrons. The summed E-state index contributed by atoms with van der Waals surface area (Å²) in [7, 11) is 0. The first-order valence-corrected chi connectivity index (χ1v) is 12.9. The Morgan fingerprint density at radius 1 is 1.39 bits per heavy atom. The van der Waals surface area contributed by atoms with Crippen LogP contribution in [0.25, 0.3) is 6.08 Å². The van der Waals surface area contributed by atoms with Gasteiger partial charge in [-0.15, -0.1) is 28.2 Å². The lowest BCUT2D eigenvalue weighted by atomic mass is 9.86. The van der Waals surface area contributed by atoms with Gasteiger partial charge in [-0.1, -0.05) is 15.7 Å². The third-order valence-electron chi connectivity index (χ3n) is 5.28. The van der Waals surface area contributed by atoms with Crippen LogP contribution >= 0.6 is 34.6 Å². The summed E-state index contributed by atoms with van der Waals surface area (Å²) < 4.78 is 13.6. The molecule has 2 aromatic rings. The minimum atomic E-state index is -1.26. The number of fused-ring (bicyclic) bond motifs is 1. The molecule has 3 atom stereocenters. The summed E-state index contributed by atoms with van der Waals surface area (Å²) in [6.07, 6.45) is 3.19. The van der Waals surface area contributed by atoms with E-state index in [1.165, 1.54) is 29.0 Å². The minimum Gasteiger partial charge on any atom is -0.428 e. The van der Waals surface area contributed by atoms with Gasteiger partial charge in [0, 0.05) is 30.0 Å². The number of aromatic nitrogens is 3. The molecule has 0 radical (unpaired) electrons. The van der Waals surface area contributed by atoms with E-state index in [1.807, 2.05) is 0 Å². The van der Waals surface area contributed by atoms with Crippen molar-refractivity contribution in [1.82, 2.24) is 24.8 Å². The van der Waals surface area contributed by atoms with Crippen molar-refractivity contribution in [3.8, 4) is 0 Å². The highest BCUT2D eigenvalue weighted by atomic mass is 32.2.